The first-order valence-electron chi connectivity index (χ1n) is 28.0. The third-order valence-corrected chi connectivity index (χ3v) is 13.9. The van der Waals surface area contributed by atoms with Gasteiger partial charge < -0.3 is 73.7 Å². The number of carboxylic acids is 2. The number of carboxylic acid groups (broad SMARTS) is 2. The van der Waals surface area contributed by atoms with E-state index in [2.05, 4.69) is 47.5 Å². The molecule has 0 aliphatic rings. The second kappa shape index (κ2) is 32.0. The van der Waals surface area contributed by atoms with Crippen molar-refractivity contribution in [2.24, 2.45) is 23.5 Å². The number of aliphatic carboxylic acids is 2. The van der Waals surface area contributed by atoms with Gasteiger partial charge in [0, 0.05) is 42.8 Å². The Morgan fingerprint density at radius 2 is 0.847 bits per heavy atom. The monoisotopic (exact) mass is 1170 g/mol. The number of nitrogens with one attached hydrogen (secondary N) is 9. The van der Waals surface area contributed by atoms with Crippen LogP contribution in [0.3, 0.4) is 0 Å². The van der Waals surface area contributed by atoms with Crippen LogP contribution >= 0.6 is 0 Å². The fourth-order valence-electron chi connectivity index (χ4n) is 9.28. The lowest BCUT2D eigenvalue weighted by Crippen LogP contribution is -2.62. The molecule has 0 aliphatic carbocycles. The number of nitrogens with two attached hydrogens (primary N) is 1. The zero-order valence-corrected chi connectivity index (χ0v) is 48.3. The van der Waals surface area contributed by atoms with Crippen LogP contribution in [0.25, 0.3) is 10.9 Å². The number of rotatable bonds is 32. The molecule has 1 aromatic heterocycles. The summed E-state index contributed by atoms with van der Waals surface area (Å²) in [5.41, 5.74) is 8.55. The predicted molar refractivity (Wildman–Crippen MR) is 314 cm³/mol. The molecule has 1 heterocycles. The molecule has 0 aliphatic heterocycles. The van der Waals surface area contributed by atoms with Crippen LogP contribution in [0.5, 0.6) is 5.75 Å². The van der Waals surface area contributed by atoms with Crippen LogP contribution in [0.2, 0.25) is 0 Å². The second-order valence-corrected chi connectivity index (χ2v) is 22.0. The maximum atomic E-state index is 14.8. The van der Waals surface area contributed by atoms with Gasteiger partial charge in [-0.05, 0) is 64.6 Å². The van der Waals surface area contributed by atoms with Crippen LogP contribution in [0.4, 0.5) is 0 Å². The molecule has 0 unspecified atom stereocenters. The molecule has 24 nitrogen and oxygen atoms in total. The molecule has 0 spiro atoms. The number of aromatic nitrogens is 1. The van der Waals surface area contributed by atoms with Gasteiger partial charge in [0.15, 0.2) is 0 Å². The molecule has 85 heavy (non-hydrogen) atoms. The minimum atomic E-state index is -1.90. The summed E-state index contributed by atoms with van der Waals surface area (Å²) in [6.07, 6.45) is 0.0136. The summed E-state index contributed by atoms with van der Waals surface area (Å²) in [7, 11) is 0. The lowest BCUT2D eigenvalue weighted by Gasteiger charge is -2.29. The zero-order chi connectivity index (χ0) is 62.5. The van der Waals surface area contributed by atoms with Crippen molar-refractivity contribution in [2.75, 3.05) is 6.61 Å². The highest BCUT2D eigenvalue weighted by Gasteiger charge is 2.37. The molecule has 456 valence electrons. The molecule has 4 aromatic carbocycles. The van der Waals surface area contributed by atoms with Gasteiger partial charge in [-0.15, -0.1) is 0 Å². The topological polar surface area (TPSA) is 390 Å². The van der Waals surface area contributed by atoms with Crippen molar-refractivity contribution in [3.8, 4) is 5.75 Å². The summed E-state index contributed by atoms with van der Waals surface area (Å²) in [5, 5.41) is 61.0. The molecule has 24 heteroatoms. The highest BCUT2D eigenvalue weighted by atomic mass is 16.4. The van der Waals surface area contributed by atoms with Crippen molar-refractivity contribution in [3.05, 3.63) is 138 Å². The molecule has 0 saturated heterocycles. The number of amides is 8. The van der Waals surface area contributed by atoms with E-state index in [0.29, 0.717) is 22.3 Å². The van der Waals surface area contributed by atoms with Crippen molar-refractivity contribution < 1.29 is 68.4 Å². The Balaban J connectivity index is 1.44. The van der Waals surface area contributed by atoms with Crippen molar-refractivity contribution in [1.82, 2.24) is 47.5 Å². The fourth-order valence-corrected chi connectivity index (χ4v) is 9.28. The molecule has 5 aromatic rings. The highest BCUT2D eigenvalue weighted by Crippen LogP contribution is 2.21. The molecule has 0 saturated carbocycles. The highest BCUT2D eigenvalue weighted by molar-refractivity contribution is 5.99. The number of carbonyl (C=O) groups is 10. The first-order valence-corrected chi connectivity index (χ1v) is 28.0. The van der Waals surface area contributed by atoms with Gasteiger partial charge in [-0.3, -0.25) is 43.2 Å². The number of para-hydroxylation sites is 1. The van der Waals surface area contributed by atoms with Gasteiger partial charge in [0.05, 0.1) is 13.0 Å². The van der Waals surface area contributed by atoms with Crippen molar-refractivity contribution in [1.29, 1.82) is 0 Å². The number of aromatic hydroxyl groups is 1. The number of carbonyl (C=O) groups excluding carboxylic acids is 8. The Hall–Kier alpha value is -9.16. The molecule has 15 N–H and O–H groups in total. The minimum Gasteiger partial charge on any atom is -0.508 e. The van der Waals surface area contributed by atoms with Crippen LogP contribution in [0.15, 0.2) is 115 Å². The average molecular weight is 1180 g/mol. The van der Waals surface area contributed by atoms with Crippen LogP contribution in [-0.2, 0) is 73.6 Å². The van der Waals surface area contributed by atoms with Gasteiger partial charge in [0.1, 0.15) is 60.1 Å². The first-order chi connectivity index (χ1) is 40.3. The number of fused-ring (bicyclic) bond motifs is 1. The van der Waals surface area contributed by atoms with Gasteiger partial charge in [0.25, 0.3) is 0 Å². The van der Waals surface area contributed by atoms with Crippen LogP contribution < -0.4 is 48.3 Å². The van der Waals surface area contributed by atoms with Crippen LogP contribution in [0, 0.1) is 17.8 Å². The normalized spacial score (nSPS) is 14.5. The van der Waals surface area contributed by atoms with E-state index < -0.39 is 138 Å². The predicted octanol–water partition coefficient (Wildman–Crippen LogP) is 1.26. The SMILES string of the molecule is CC(C)C[C@H](NC(=O)[C@H](Cc1c[nH]c2ccccc12)NC(=O)[C@@H](NC(=O)[C@H](Cc1ccccc1)NC(=O)[C@H](Cc1ccccc1)NC(=O)[C@H](CC(=O)O)NC(=O)[C@H](Cc1ccc(O)cc1)NC(=O)[C@@H](NC(=O)[C@@H](N)CO)C(C)C)C(C)C)C(=O)O. The van der Waals surface area contributed by atoms with E-state index in [1.54, 1.807) is 114 Å². The molecule has 9 atom stereocenters. The molecular formula is C61H78N10O14. The summed E-state index contributed by atoms with van der Waals surface area (Å²) in [4.78, 5) is 141. The molecular weight excluding hydrogens is 1100 g/mol. The summed E-state index contributed by atoms with van der Waals surface area (Å²) >= 11 is 0. The number of phenolic OH excluding ortho intramolecular Hbond substituents is 1. The number of aromatic amines is 1. The minimum absolute atomic E-state index is 0.0776. The largest absolute Gasteiger partial charge is 0.508 e. The second-order valence-electron chi connectivity index (χ2n) is 22.0. The van der Waals surface area contributed by atoms with E-state index in [9.17, 15) is 68.4 Å². The molecule has 5 rings (SSSR count). The Labute approximate surface area is 492 Å². The van der Waals surface area contributed by atoms with E-state index in [0.717, 1.165) is 10.9 Å². The summed E-state index contributed by atoms with van der Waals surface area (Å²) < 4.78 is 0. The zero-order valence-electron chi connectivity index (χ0n) is 48.3. The Morgan fingerprint density at radius 1 is 0.459 bits per heavy atom. The van der Waals surface area contributed by atoms with E-state index in [1.165, 1.54) is 24.3 Å². The quantitative estimate of drug-likeness (QED) is 0.0288. The molecule has 0 bridgehead atoms. The van der Waals surface area contributed by atoms with Gasteiger partial charge in [0.2, 0.25) is 47.3 Å². The van der Waals surface area contributed by atoms with E-state index in [4.69, 9.17) is 5.73 Å². The molecule has 0 fully saturated rings. The summed E-state index contributed by atoms with van der Waals surface area (Å²) in [5.74, 6) is -11.6. The molecule has 8 amide bonds. The average Bonchev–Trinajstić information content (AvgIpc) is 3.80. The van der Waals surface area contributed by atoms with E-state index in [-0.39, 0.29) is 43.8 Å². The number of hydrogen-bond donors (Lipinski definition) is 14. The summed E-state index contributed by atoms with van der Waals surface area (Å²) in [6.45, 7) is 9.36. The number of benzene rings is 4. The van der Waals surface area contributed by atoms with Crippen molar-refractivity contribution in [3.63, 3.8) is 0 Å². The Morgan fingerprint density at radius 3 is 1.29 bits per heavy atom. The number of aliphatic hydroxyl groups excluding tert-OH is 1. The smallest absolute Gasteiger partial charge is 0.326 e. The van der Waals surface area contributed by atoms with Crippen LogP contribution in [-0.4, -0.2) is 146 Å². The summed E-state index contributed by atoms with van der Waals surface area (Å²) in [6, 6.07) is 16.6. The lowest BCUT2D eigenvalue weighted by atomic mass is 9.98. The third-order valence-electron chi connectivity index (χ3n) is 13.9. The van der Waals surface area contributed by atoms with E-state index >= 15 is 0 Å². The Kier molecular flexibility index (Phi) is 25.1. The van der Waals surface area contributed by atoms with Gasteiger partial charge in [-0.1, -0.05) is 133 Å². The van der Waals surface area contributed by atoms with Crippen LogP contribution in [0.1, 0.15) is 76.6 Å². The van der Waals surface area contributed by atoms with Crippen molar-refractivity contribution in [2.45, 2.75) is 134 Å². The maximum absolute atomic E-state index is 14.8. The fraction of sp³-hybridized carbons (Fsp3) is 0.410. The molecule has 0 radical (unpaired) electrons. The standard InChI is InChI=1S/C61H78N10O14/c1-33(2)25-49(61(84)85)69-56(79)47(29-39-31-63-43-20-14-13-19-41(39)43)68-60(83)52(35(5)6)71-58(81)46(27-37-17-11-8-12-18-37)65-54(77)44(26-36-15-9-7-10-16-36)64-57(80)48(30-50(74)75)66-55(78)45(28-38-21-23-40(73)24-22-38)67-59(82)51(34(3)4)70-53(76)42(62)32-72/h7-24,31,33-35,42,44-49,51-52,63,72-73H,25-30,32,62H2,1-6H3,(H,64,80)(H,65,77)(H,66,78)(H,67,82)(H,68,83)(H,69,79)(H,70,76)(H,71,81)(H,74,75)(H,84,85)/t42-,44-,45-,46-,47-,48-,49-,51-,52-/m0/s1. The third kappa shape index (κ3) is 20.6. The van der Waals surface area contributed by atoms with E-state index in [1.807, 2.05) is 18.2 Å². The number of phenols is 1. The first kappa shape index (κ1) is 66.6. The number of hydrogen-bond acceptors (Lipinski definition) is 13. The Bertz CT molecular complexity index is 3100. The maximum Gasteiger partial charge on any atom is 0.326 e. The lowest BCUT2D eigenvalue weighted by molar-refractivity contribution is -0.143. The van der Waals surface area contributed by atoms with Gasteiger partial charge in [-0.25, -0.2) is 4.79 Å². The van der Waals surface area contributed by atoms with Gasteiger partial charge in [-0.2, -0.15) is 0 Å². The van der Waals surface area contributed by atoms with Gasteiger partial charge >= 0.3 is 11.9 Å². The number of aliphatic hydroxyl groups is 1. The number of H-pyrrole nitrogens is 1. The van der Waals surface area contributed by atoms with Crippen molar-refractivity contribution >= 4 is 70.1 Å².